The summed E-state index contributed by atoms with van der Waals surface area (Å²) in [5.41, 5.74) is 3.06. The fourth-order valence-corrected chi connectivity index (χ4v) is 2.77. The van der Waals surface area contributed by atoms with Crippen LogP contribution in [0.1, 0.15) is 21.5 Å². The van der Waals surface area contributed by atoms with Crippen LogP contribution >= 0.6 is 15.9 Å². The molecule has 5 nitrogen and oxygen atoms in total. The average Bonchev–Trinajstić information content (AvgIpc) is 2.42. The molecule has 0 saturated heterocycles. The van der Waals surface area contributed by atoms with Crippen molar-refractivity contribution in [2.24, 2.45) is 0 Å². The number of carbonyl (C=O) groups is 1. The molecule has 2 rings (SSSR count). The maximum Gasteiger partial charge on any atom is 0.269 e. The van der Waals surface area contributed by atoms with Crippen LogP contribution in [0.5, 0.6) is 0 Å². The van der Waals surface area contributed by atoms with E-state index in [9.17, 15) is 14.9 Å². The minimum atomic E-state index is -0.498. The molecule has 1 N–H and O–H groups in total. The molecule has 0 spiro atoms. The van der Waals surface area contributed by atoms with Gasteiger partial charge in [-0.15, -0.1) is 0 Å². The van der Waals surface area contributed by atoms with E-state index in [1.807, 2.05) is 26.0 Å². The van der Waals surface area contributed by atoms with Gasteiger partial charge in [0, 0.05) is 22.2 Å². The molecule has 0 atom stereocenters. The summed E-state index contributed by atoms with van der Waals surface area (Å²) in [4.78, 5) is 22.3. The van der Waals surface area contributed by atoms with Crippen LogP contribution in [0.25, 0.3) is 0 Å². The molecule has 0 saturated carbocycles. The smallest absolute Gasteiger partial charge is 0.269 e. The first-order valence-electron chi connectivity index (χ1n) is 6.21. The lowest BCUT2D eigenvalue weighted by atomic mass is 10.1. The summed E-state index contributed by atoms with van der Waals surface area (Å²) < 4.78 is 0.801. The molecule has 0 radical (unpaired) electrons. The van der Waals surface area contributed by atoms with Crippen molar-refractivity contribution < 1.29 is 9.72 Å². The largest absolute Gasteiger partial charge is 0.321 e. The van der Waals surface area contributed by atoms with E-state index in [1.54, 1.807) is 0 Å². The highest BCUT2D eigenvalue weighted by molar-refractivity contribution is 9.10. The number of non-ortho nitro benzene ring substituents is 1. The van der Waals surface area contributed by atoms with Crippen molar-refractivity contribution in [2.75, 3.05) is 5.32 Å². The molecule has 2 aromatic rings. The normalized spacial score (nSPS) is 10.2. The van der Waals surface area contributed by atoms with Crippen LogP contribution in [0.4, 0.5) is 11.4 Å². The highest BCUT2D eigenvalue weighted by Gasteiger charge is 2.12. The van der Waals surface area contributed by atoms with E-state index >= 15 is 0 Å². The Morgan fingerprint density at radius 3 is 2.33 bits per heavy atom. The first-order chi connectivity index (χ1) is 9.88. The molecular formula is C15H13BrN2O3. The van der Waals surface area contributed by atoms with Gasteiger partial charge in [0.15, 0.2) is 0 Å². The number of nitrogens with zero attached hydrogens (tertiary/aromatic N) is 1. The molecule has 0 fully saturated rings. The highest BCUT2D eigenvalue weighted by atomic mass is 79.9. The maximum atomic E-state index is 12.2. The van der Waals surface area contributed by atoms with Crippen molar-refractivity contribution in [1.29, 1.82) is 0 Å². The molecule has 0 aliphatic heterocycles. The van der Waals surface area contributed by atoms with Crippen molar-refractivity contribution in [1.82, 2.24) is 0 Å². The van der Waals surface area contributed by atoms with Gasteiger partial charge in [-0.3, -0.25) is 14.9 Å². The number of hydrogen-bond acceptors (Lipinski definition) is 3. The van der Waals surface area contributed by atoms with Gasteiger partial charge in [-0.05, 0) is 59.1 Å². The first kappa shape index (κ1) is 15.2. The summed E-state index contributed by atoms with van der Waals surface area (Å²) in [5, 5.41) is 13.4. The van der Waals surface area contributed by atoms with Gasteiger partial charge in [0.25, 0.3) is 11.6 Å². The minimum Gasteiger partial charge on any atom is -0.321 e. The average molecular weight is 349 g/mol. The molecule has 0 aromatic heterocycles. The SMILES string of the molecule is Cc1cc(C)c(NC(=O)c2ccc([N+](=O)[O-])cc2)c(Br)c1. The van der Waals surface area contributed by atoms with Crippen LogP contribution in [0.15, 0.2) is 40.9 Å². The molecule has 0 aliphatic carbocycles. The number of anilines is 1. The molecule has 2 aromatic carbocycles. The summed E-state index contributed by atoms with van der Waals surface area (Å²) in [5.74, 6) is -0.308. The number of hydrogen-bond donors (Lipinski definition) is 1. The molecule has 108 valence electrons. The molecular weight excluding hydrogens is 336 g/mol. The number of carbonyl (C=O) groups excluding carboxylic acids is 1. The first-order valence-corrected chi connectivity index (χ1v) is 7.00. The van der Waals surface area contributed by atoms with Crippen LogP contribution < -0.4 is 5.32 Å². The number of aryl methyl sites for hydroxylation is 2. The quantitative estimate of drug-likeness (QED) is 0.666. The zero-order valence-corrected chi connectivity index (χ0v) is 13.1. The van der Waals surface area contributed by atoms with Gasteiger partial charge in [0.1, 0.15) is 0 Å². The summed E-state index contributed by atoms with van der Waals surface area (Å²) in [6, 6.07) is 9.38. The van der Waals surface area contributed by atoms with Gasteiger partial charge in [-0.25, -0.2) is 0 Å². The minimum absolute atomic E-state index is 0.0424. The van der Waals surface area contributed by atoms with E-state index in [0.717, 1.165) is 15.6 Å². The third kappa shape index (κ3) is 3.46. The Labute approximate surface area is 130 Å². The van der Waals surface area contributed by atoms with Crippen molar-refractivity contribution in [3.8, 4) is 0 Å². The number of halogens is 1. The van der Waals surface area contributed by atoms with Gasteiger partial charge in [0.2, 0.25) is 0 Å². The van der Waals surface area contributed by atoms with E-state index in [2.05, 4.69) is 21.2 Å². The van der Waals surface area contributed by atoms with Crippen LogP contribution in [0.2, 0.25) is 0 Å². The number of nitrogens with one attached hydrogen (secondary N) is 1. The van der Waals surface area contributed by atoms with Crippen molar-refractivity contribution in [3.63, 3.8) is 0 Å². The molecule has 1 amide bonds. The van der Waals surface area contributed by atoms with Gasteiger partial charge >= 0.3 is 0 Å². The maximum absolute atomic E-state index is 12.2. The number of rotatable bonds is 3. The Morgan fingerprint density at radius 1 is 1.19 bits per heavy atom. The van der Waals surface area contributed by atoms with E-state index in [1.165, 1.54) is 24.3 Å². The Kier molecular flexibility index (Phi) is 4.37. The van der Waals surface area contributed by atoms with Crippen LogP contribution in [0, 0.1) is 24.0 Å². The summed E-state index contributed by atoms with van der Waals surface area (Å²) in [7, 11) is 0. The Morgan fingerprint density at radius 2 is 1.81 bits per heavy atom. The van der Waals surface area contributed by atoms with E-state index in [0.29, 0.717) is 11.3 Å². The Bertz CT molecular complexity index is 688. The van der Waals surface area contributed by atoms with Gasteiger partial charge in [-0.1, -0.05) is 6.07 Å². The highest BCUT2D eigenvalue weighted by Crippen LogP contribution is 2.28. The van der Waals surface area contributed by atoms with E-state index in [-0.39, 0.29) is 11.6 Å². The summed E-state index contributed by atoms with van der Waals surface area (Å²) in [6.45, 7) is 3.88. The summed E-state index contributed by atoms with van der Waals surface area (Å²) >= 11 is 3.43. The second kappa shape index (κ2) is 6.05. The van der Waals surface area contributed by atoms with Crippen LogP contribution in [-0.2, 0) is 0 Å². The molecule has 6 heteroatoms. The summed E-state index contributed by atoms with van der Waals surface area (Å²) in [6.07, 6.45) is 0. The molecule has 21 heavy (non-hydrogen) atoms. The van der Waals surface area contributed by atoms with E-state index in [4.69, 9.17) is 0 Å². The van der Waals surface area contributed by atoms with Crippen LogP contribution in [-0.4, -0.2) is 10.8 Å². The van der Waals surface area contributed by atoms with Gasteiger partial charge < -0.3 is 5.32 Å². The molecule has 0 aliphatic rings. The molecule has 0 heterocycles. The van der Waals surface area contributed by atoms with Crippen molar-refractivity contribution in [2.45, 2.75) is 13.8 Å². The van der Waals surface area contributed by atoms with Crippen molar-refractivity contribution >= 4 is 33.2 Å². The zero-order chi connectivity index (χ0) is 15.6. The number of nitro benzene ring substituents is 1. The van der Waals surface area contributed by atoms with Gasteiger partial charge in [0.05, 0.1) is 10.6 Å². The van der Waals surface area contributed by atoms with Crippen molar-refractivity contribution in [3.05, 3.63) is 67.7 Å². The molecule has 0 unspecified atom stereocenters. The Balaban J connectivity index is 2.24. The topological polar surface area (TPSA) is 72.2 Å². The third-order valence-electron chi connectivity index (χ3n) is 3.01. The zero-order valence-electron chi connectivity index (χ0n) is 11.5. The van der Waals surface area contributed by atoms with Crippen LogP contribution in [0.3, 0.4) is 0 Å². The lowest BCUT2D eigenvalue weighted by Crippen LogP contribution is -2.13. The number of nitro groups is 1. The standard InChI is InChI=1S/C15H13BrN2O3/c1-9-7-10(2)14(13(16)8-9)17-15(19)11-3-5-12(6-4-11)18(20)21/h3-8H,1-2H3,(H,17,19). The predicted molar refractivity (Wildman–Crippen MR) is 84.7 cm³/mol. The second-order valence-electron chi connectivity index (χ2n) is 4.70. The van der Waals surface area contributed by atoms with E-state index < -0.39 is 4.92 Å². The predicted octanol–water partition coefficient (Wildman–Crippen LogP) is 4.23. The number of amides is 1. The third-order valence-corrected chi connectivity index (χ3v) is 3.64. The number of benzene rings is 2. The fourth-order valence-electron chi connectivity index (χ4n) is 1.99. The molecule has 0 bridgehead atoms. The fraction of sp³-hybridized carbons (Fsp3) is 0.133. The Hall–Kier alpha value is -2.21. The second-order valence-corrected chi connectivity index (χ2v) is 5.55. The lowest BCUT2D eigenvalue weighted by molar-refractivity contribution is -0.384. The van der Waals surface area contributed by atoms with Gasteiger partial charge in [-0.2, -0.15) is 0 Å². The lowest BCUT2D eigenvalue weighted by Gasteiger charge is -2.11. The monoisotopic (exact) mass is 348 g/mol.